The first-order chi connectivity index (χ1) is 25.3. The van der Waals surface area contributed by atoms with Gasteiger partial charge in [-0.25, -0.2) is 19.9 Å². The van der Waals surface area contributed by atoms with Gasteiger partial charge >= 0.3 is 0 Å². The second-order valence-corrected chi connectivity index (χ2v) is 12.7. The second kappa shape index (κ2) is 11.9. The number of fused-ring (bicyclic) bond motifs is 7. The third-order valence-corrected chi connectivity index (χ3v) is 9.63. The van der Waals surface area contributed by atoms with Crippen molar-refractivity contribution in [2.24, 2.45) is 0 Å². The molecule has 0 spiro atoms. The highest BCUT2D eigenvalue weighted by Crippen LogP contribution is 2.42. The lowest BCUT2D eigenvalue weighted by atomic mass is 9.97. The maximum absolute atomic E-state index is 5.21. The van der Waals surface area contributed by atoms with E-state index in [1.54, 1.807) is 0 Å². The van der Waals surface area contributed by atoms with Crippen LogP contribution in [0.15, 0.2) is 176 Å². The smallest absolute Gasteiger partial charge is 0.164 e. The van der Waals surface area contributed by atoms with Crippen LogP contribution in [0.3, 0.4) is 0 Å². The average Bonchev–Trinajstić information content (AvgIpc) is 3.56. The molecule has 10 aromatic rings. The van der Waals surface area contributed by atoms with Gasteiger partial charge in [-0.2, -0.15) is 0 Å². The van der Waals surface area contributed by atoms with Crippen LogP contribution in [0.2, 0.25) is 0 Å². The highest BCUT2D eigenvalue weighted by atomic mass is 15.0. The van der Waals surface area contributed by atoms with Gasteiger partial charge in [0.05, 0.1) is 22.2 Å². The Morgan fingerprint density at radius 3 is 1.45 bits per heavy atom. The third-order valence-electron chi connectivity index (χ3n) is 9.63. The minimum Gasteiger partial charge on any atom is -0.309 e. The molecule has 0 saturated carbocycles. The molecule has 5 nitrogen and oxygen atoms in total. The first-order valence-electron chi connectivity index (χ1n) is 17.1. The Morgan fingerprint density at radius 2 is 0.824 bits per heavy atom. The largest absolute Gasteiger partial charge is 0.309 e. The predicted octanol–water partition coefficient (Wildman–Crippen LogP) is 11.3. The number of nitrogens with zero attached hydrogens (tertiary/aromatic N) is 5. The van der Waals surface area contributed by atoms with E-state index in [4.69, 9.17) is 19.9 Å². The van der Waals surface area contributed by atoms with Gasteiger partial charge in [-0.15, -0.1) is 0 Å². The first kappa shape index (κ1) is 29.0. The Morgan fingerprint density at radius 1 is 0.333 bits per heavy atom. The fourth-order valence-corrected chi connectivity index (χ4v) is 7.27. The molecule has 0 bridgehead atoms. The summed E-state index contributed by atoms with van der Waals surface area (Å²) in [6.07, 6.45) is 0. The molecule has 0 aliphatic heterocycles. The fraction of sp³-hybridized carbons (Fsp3) is 0. The number of rotatable bonds is 5. The lowest BCUT2D eigenvalue weighted by molar-refractivity contribution is 1.07. The van der Waals surface area contributed by atoms with E-state index in [-0.39, 0.29) is 0 Å². The van der Waals surface area contributed by atoms with Crippen LogP contribution in [0.5, 0.6) is 0 Å². The molecule has 0 aliphatic rings. The monoisotopic (exact) mass is 651 g/mol. The van der Waals surface area contributed by atoms with Gasteiger partial charge in [0.15, 0.2) is 17.5 Å². The lowest BCUT2D eigenvalue weighted by Gasteiger charge is -2.15. The SMILES string of the molecule is c1ccc(-c2nc(-c3ccccc3)nc(-c3ccc(-n4c5ccccc5c5ccc6c(-c7ccccc7)nc7ccccc7c6c54)cc3)n2)cc1. The maximum Gasteiger partial charge on any atom is 0.164 e. The zero-order chi connectivity index (χ0) is 33.7. The van der Waals surface area contributed by atoms with E-state index < -0.39 is 0 Å². The zero-order valence-electron chi connectivity index (χ0n) is 27.5. The summed E-state index contributed by atoms with van der Waals surface area (Å²) in [6.45, 7) is 0. The van der Waals surface area contributed by atoms with Gasteiger partial charge in [-0.05, 0) is 36.4 Å². The zero-order valence-corrected chi connectivity index (χ0v) is 27.5. The quantitative estimate of drug-likeness (QED) is 0.174. The van der Waals surface area contributed by atoms with E-state index in [0.717, 1.165) is 61.0 Å². The maximum atomic E-state index is 5.21. The standard InChI is InChI=1S/C46H29N5/c1-4-14-30(15-5-1)42-38-29-28-36-35-20-11-13-23-40(35)51(43(36)41(38)37-21-10-12-22-39(37)47-42)34-26-24-33(25-27-34)46-49-44(31-16-6-2-7-17-31)48-45(50-46)32-18-8-3-9-19-32/h1-29H. The lowest BCUT2D eigenvalue weighted by Crippen LogP contribution is -2.00. The predicted molar refractivity (Wildman–Crippen MR) is 209 cm³/mol. The molecule has 0 aliphatic carbocycles. The van der Waals surface area contributed by atoms with Crippen molar-refractivity contribution in [1.29, 1.82) is 0 Å². The van der Waals surface area contributed by atoms with Crippen molar-refractivity contribution < 1.29 is 0 Å². The van der Waals surface area contributed by atoms with Crippen molar-refractivity contribution >= 4 is 43.5 Å². The van der Waals surface area contributed by atoms with E-state index in [1.807, 2.05) is 60.7 Å². The number of aromatic nitrogens is 5. The topological polar surface area (TPSA) is 56.5 Å². The highest BCUT2D eigenvalue weighted by molar-refractivity contribution is 6.26. The number of pyridine rings is 1. The van der Waals surface area contributed by atoms with E-state index >= 15 is 0 Å². The molecule has 0 fully saturated rings. The number of para-hydroxylation sites is 2. The summed E-state index contributed by atoms with van der Waals surface area (Å²) in [5.74, 6) is 1.92. The number of hydrogen-bond donors (Lipinski definition) is 0. The molecule has 238 valence electrons. The van der Waals surface area contributed by atoms with Gasteiger partial charge in [0.2, 0.25) is 0 Å². The van der Waals surface area contributed by atoms with Crippen molar-refractivity contribution in [2.75, 3.05) is 0 Å². The number of benzene rings is 7. The second-order valence-electron chi connectivity index (χ2n) is 12.7. The van der Waals surface area contributed by atoms with E-state index in [2.05, 4.69) is 120 Å². The minimum absolute atomic E-state index is 0.631. The molecule has 0 atom stereocenters. The Balaban J connectivity index is 1.21. The van der Waals surface area contributed by atoms with Crippen LogP contribution in [0.4, 0.5) is 0 Å². The number of hydrogen-bond acceptors (Lipinski definition) is 4. The van der Waals surface area contributed by atoms with Crippen molar-refractivity contribution in [3.63, 3.8) is 0 Å². The summed E-state index contributed by atoms with van der Waals surface area (Å²) in [6, 6.07) is 60.9. The van der Waals surface area contributed by atoms with Crippen LogP contribution in [0.1, 0.15) is 0 Å². The summed E-state index contributed by atoms with van der Waals surface area (Å²) in [4.78, 5) is 20.0. The molecule has 3 heterocycles. The van der Waals surface area contributed by atoms with Crippen LogP contribution >= 0.6 is 0 Å². The molecular weight excluding hydrogens is 623 g/mol. The first-order valence-corrected chi connectivity index (χ1v) is 17.1. The molecule has 7 aromatic carbocycles. The Hall–Kier alpha value is -6.98. The van der Waals surface area contributed by atoms with Crippen molar-refractivity contribution in [1.82, 2.24) is 24.5 Å². The third kappa shape index (κ3) is 4.86. The van der Waals surface area contributed by atoms with E-state index in [0.29, 0.717) is 17.5 Å². The summed E-state index contributed by atoms with van der Waals surface area (Å²) in [5.41, 5.74) is 9.23. The van der Waals surface area contributed by atoms with Gasteiger partial charge in [0.25, 0.3) is 0 Å². The molecule has 0 unspecified atom stereocenters. The van der Waals surface area contributed by atoms with Crippen molar-refractivity contribution in [2.45, 2.75) is 0 Å². The summed E-state index contributed by atoms with van der Waals surface area (Å²) in [7, 11) is 0. The summed E-state index contributed by atoms with van der Waals surface area (Å²) < 4.78 is 2.40. The van der Waals surface area contributed by atoms with Crippen LogP contribution in [0, 0.1) is 0 Å². The molecule has 51 heavy (non-hydrogen) atoms. The fourth-order valence-electron chi connectivity index (χ4n) is 7.27. The Bertz CT molecular complexity index is 2820. The van der Waals surface area contributed by atoms with E-state index in [1.165, 1.54) is 16.2 Å². The molecule has 3 aromatic heterocycles. The van der Waals surface area contributed by atoms with Crippen molar-refractivity contribution in [3.8, 4) is 51.1 Å². The van der Waals surface area contributed by atoms with Crippen LogP contribution in [-0.2, 0) is 0 Å². The Labute approximate surface area is 294 Å². The molecular formula is C46H29N5. The average molecular weight is 652 g/mol. The van der Waals surface area contributed by atoms with Gasteiger partial charge < -0.3 is 4.57 Å². The van der Waals surface area contributed by atoms with Crippen LogP contribution in [0.25, 0.3) is 94.6 Å². The van der Waals surface area contributed by atoms with Gasteiger partial charge in [-0.3, -0.25) is 0 Å². The van der Waals surface area contributed by atoms with Crippen LogP contribution in [-0.4, -0.2) is 24.5 Å². The minimum atomic E-state index is 0.631. The summed E-state index contributed by atoms with van der Waals surface area (Å²) >= 11 is 0. The Kier molecular flexibility index (Phi) is 6.74. The van der Waals surface area contributed by atoms with E-state index in [9.17, 15) is 0 Å². The van der Waals surface area contributed by atoms with Gasteiger partial charge in [-0.1, -0.05) is 140 Å². The van der Waals surface area contributed by atoms with Gasteiger partial charge in [0.1, 0.15) is 0 Å². The van der Waals surface area contributed by atoms with Crippen molar-refractivity contribution in [3.05, 3.63) is 176 Å². The highest BCUT2D eigenvalue weighted by Gasteiger charge is 2.20. The van der Waals surface area contributed by atoms with Crippen LogP contribution < -0.4 is 0 Å². The molecule has 0 radical (unpaired) electrons. The molecule has 0 saturated heterocycles. The van der Waals surface area contributed by atoms with Gasteiger partial charge in [0, 0.05) is 54.9 Å². The normalized spacial score (nSPS) is 11.5. The molecule has 0 N–H and O–H groups in total. The molecule has 5 heteroatoms. The molecule has 0 amide bonds. The summed E-state index contributed by atoms with van der Waals surface area (Å²) in [5, 5.41) is 5.86. The molecule has 10 rings (SSSR count).